The molecule has 0 radical (unpaired) electrons. The smallest absolute Gasteiger partial charge is 0.409 e. The Hall–Kier alpha value is -3.90. The summed E-state index contributed by atoms with van der Waals surface area (Å²) >= 11 is 0. The van der Waals surface area contributed by atoms with Gasteiger partial charge in [0, 0.05) is 38.6 Å². The molecule has 0 spiro atoms. The second kappa shape index (κ2) is 10.1. The number of hydrogen-bond acceptors (Lipinski definition) is 7. The number of aryl methyl sites for hydroxylation is 1. The first kappa shape index (κ1) is 23.8. The van der Waals surface area contributed by atoms with Crippen LogP contribution >= 0.6 is 0 Å². The molecule has 2 aromatic rings. The average Bonchev–Trinajstić information content (AvgIpc) is 3.39. The van der Waals surface area contributed by atoms with Gasteiger partial charge in [-0.15, -0.1) is 0 Å². The molecular weight excluding hydrogens is 434 g/mol. The van der Waals surface area contributed by atoms with Crippen LogP contribution in [0.15, 0.2) is 18.5 Å². The van der Waals surface area contributed by atoms with Crippen molar-refractivity contribution in [3.05, 3.63) is 29.8 Å². The third-order valence-corrected chi connectivity index (χ3v) is 5.21. The fourth-order valence-electron chi connectivity index (χ4n) is 3.40. The molecule has 3 rings (SSSR count). The zero-order valence-corrected chi connectivity index (χ0v) is 18.7. The number of carboxylic acids is 1. The van der Waals surface area contributed by atoms with E-state index >= 15 is 0 Å². The second-order valence-electron chi connectivity index (χ2n) is 7.54. The standard InChI is InChI=1S/C20H27N7O6/c1-4-33-20(32)25-9-7-24(8-10-25)19(31)14(3)27-11-16(13(2)22-27)21-18(30)15-5-6-26(23-15)12-17(28)29/h5-6,11,14H,4,7-10,12H2,1-3H3,(H,21,30)(H,28,29). The van der Waals surface area contributed by atoms with Crippen LogP contribution in [0.25, 0.3) is 0 Å². The summed E-state index contributed by atoms with van der Waals surface area (Å²) in [6.45, 7) is 6.69. The monoisotopic (exact) mass is 461 g/mol. The van der Waals surface area contributed by atoms with E-state index in [1.54, 1.807) is 36.8 Å². The van der Waals surface area contributed by atoms with Crippen molar-refractivity contribution in [2.75, 3.05) is 38.1 Å². The first-order valence-corrected chi connectivity index (χ1v) is 10.5. The van der Waals surface area contributed by atoms with Crippen LogP contribution in [0.3, 0.4) is 0 Å². The Labute approximate surface area is 189 Å². The molecule has 0 aliphatic carbocycles. The van der Waals surface area contributed by atoms with Crippen molar-refractivity contribution in [2.45, 2.75) is 33.4 Å². The summed E-state index contributed by atoms with van der Waals surface area (Å²) in [4.78, 5) is 51.2. The summed E-state index contributed by atoms with van der Waals surface area (Å²) in [5.41, 5.74) is 0.992. The van der Waals surface area contributed by atoms with Crippen molar-refractivity contribution >= 4 is 29.6 Å². The van der Waals surface area contributed by atoms with Crippen LogP contribution in [0.2, 0.25) is 0 Å². The summed E-state index contributed by atoms with van der Waals surface area (Å²) in [6, 6.07) is 0.804. The molecule has 2 N–H and O–H groups in total. The minimum absolute atomic E-state index is 0.0620. The number of amides is 3. The molecule has 2 aromatic heterocycles. The maximum Gasteiger partial charge on any atom is 0.409 e. The van der Waals surface area contributed by atoms with Gasteiger partial charge in [0.2, 0.25) is 5.91 Å². The van der Waals surface area contributed by atoms with Gasteiger partial charge in [-0.1, -0.05) is 0 Å². The van der Waals surface area contributed by atoms with E-state index in [2.05, 4.69) is 15.5 Å². The van der Waals surface area contributed by atoms with Crippen LogP contribution in [0.4, 0.5) is 10.5 Å². The minimum atomic E-state index is -1.07. The van der Waals surface area contributed by atoms with Crippen LogP contribution in [-0.4, -0.2) is 91.1 Å². The third-order valence-electron chi connectivity index (χ3n) is 5.21. The van der Waals surface area contributed by atoms with Gasteiger partial charge >= 0.3 is 12.1 Å². The van der Waals surface area contributed by atoms with E-state index in [1.807, 2.05) is 0 Å². The highest BCUT2D eigenvalue weighted by Crippen LogP contribution is 2.19. The number of carbonyl (C=O) groups is 4. The second-order valence-corrected chi connectivity index (χ2v) is 7.54. The number of anilines is 1. The average molecular weight is 461 g/mol. The maximum absolute atomic E-state index is 12.9. The number of hydrogen-bond donors (Lipinski definition) is 2. The molecule has 13 heteroatoms. The summed E-state index contributed by atoms with van der Waals surface area (Å²) < 4.78 is 7.62. The van der Waals surface area contributed by atoms with Gasteiger partial charge in [-0.05, 0) is 26.8 Å². The lowest BCUT2D eigenvalue weighted by Crippen LogP contribution is -2.52. The Morgan fingerprint density at radius 1 is 1.15 bits per heavy atom. The van der Waals surface area contributed by atoms with Gasteiger partial charge in [0.05, 0.1) is 18.0 Å². The number of ether oxygens (including phenoxy) is 1. The largest absolute Gasteiger partial charge is 0.480 e. The summed E-state index contributed by atoms with van der Waals surface area (Å²) in [5.74, 6) is -1.73. The van der Waals surface area contributed by atoms with E-state index in [4.69, 9.17) is 9.84 Å². The van der Waals surface area contributed by atoms with Crippen LogP contribution in [0, 0.1) is 6.92 Å². The molecule has 1 saturated heterocycles. The zero-order valence-electron chi connectivity index (χ0n) is 18.7. The molecule has 1 aliphatic rings. The molecule has 0 bridgehead atoms. The molecule has 1 unspecified atom stereocenters. The predicted molar refractivity (Wildman–Crippen MR) is 115 cm³/mol. The van der Waals surface area contributed by atoms with Crippen molar-refractivity contribution in [1.29, 1.82) is 0 Å². The van der Waals surface area contributed by atoms with Gasteiger partial charge < -0.3 is 25.0 Å². The number of nitrogens with one attached hydrogen (secondary N) is 1. The number of carboxylic acid groups (broad SMARTS) is 1. The molecule has 178 valence electrons. The molecule has 0 aromatic carbocycles. The van der Waals surface area contributed by atoms with Crippen LogP contribution in [-0.2, 0) is 20.9 Å². The van der Waals surface area contributed by atoms with E-state index < -0.39 is 17.9 Å². The van der Waals surface area contributed by atoms with E-state index in [9.17, 15) is 19.2 Å². The Balaban J connectivity index is 1.60. The first-order valence-electron chi connectivity index (χ1n) is 10.5. The Bertz CT molecular complexity index is 1040. The van der Waals surface area contributed by atoms with E-state index in [0.717, 1.165) is 4.68 Å². The van der Waals surface area contributed by atoms with Gasteiger partial charge in [0.15, 0.2) is 5.69 Å². The van der Waals surface area contributed by atoms with Gasteiger partial charge in [-0.2, -0.15) is 10.2 Å². The van der Waals surface area contributed by atoms with Gasteiger partial charge in [0.25, 0.3) is 5.91 Å². The normalized spacial score (nSPS) is 14.6. The van der Waals surface area contributed by atoms with Crippen molar-refractivity contribution < 1.29 is 29.0 Å². The molecule has 1 aliphatic heterocycles. The Morgan fingerprint density at radius 2 is 1.82 bits per heavy atom. The highest BCUT2D eigenvalue weighted by atomic mass is 16.6. The first-order chi connectivity index (χ1) is 15.7. The molecule has 0 saturated carbocycles. The number of aliphatic carboxylic acids is 1. The maximum atomic E-state index is 12.9. The Morgan fingerprint density at radius 3 is 2.45 bits per heavy atom. The van der Waals surface area contributed by atoms with Crippen molar-refractivity contribution in [3.8, 4) is 0 Å². The fourth-order valence-corrected chi connectivity index (χ4v) is 3.40. The number of carbonyl (C=O) groups excluding carboxylic acids is 3. The van der Waals surface area contributed by atoms with Crippen LogP contribution in [0.5, 0.6) is 0 Å². The quantitative estimate of drug-likeness (QED) is 0.608. The highest BCUT2D eigenvalue weighted by Gasteiger charge is 2.29. The van der Waals surface area contributed by atoms with Crippen molar-refractivity contribution in [2.24, 2.45) is 0 Å². The molecule has 3 amide bonds. The lowest BCUT2D eigenvalue weighted by atomic mass is 10.2. The highest BCUT2D eigenvalue weighted by molar-refractivity contribution is 6.03. The zero-order chi connectivity index (χ0) is 24.1. The van der Waals surface area contributed by atoms with E-state index in [0.29, 0.717) is 44.2 Å². The summed E-state index contributed by atoms with van der Waals surface area (Å²) in [5, 5.41) is 19.8. The molecular formula is C20H27N7O6. The summed E-state index contributed by atoms with van der Waals surface area (Å²) in [6.07, 6.45) is 2.59. The molecule has 1 fully saturated rings. The minimum Gasteiger partial charge on any atom is -0.480 e. The lowest BCUT2D eigenvalue weighted by Gasteiger charge is -2.35. The number of piperazine rings is 1. The van der Waals surface area contributed by atoms with Gasteiger partial charge in [0.1, 0.15) is 12.6 Å². The molecule has 13 nitrogen and oxygen atoms in total. The van der Waals surface area contributed by atoms with Crippen molar-refractivity contribution in [3.63, 3.8) is 0 Å². The van der Waals surface area contributed by atoms with Gasteiger partial charge in [-0.25, -0.2) is 4.79 Å². The van der Waals surface area contributed by atoms with E-state index in [1.165, 1.54) is 16.9 Å². The van der Waals surface area contributed by atoms with E-state index in [-0.39, 0.29) is 24.2 Å². The lowest BCUT2D eigenvalue weighted by molar-refractivity contribution is -0.138. The molecule has 3 heterocycles. The van der Waals surface area contributed by atoms with Crippen LogP contribution < -0.4 is 5.32 Å². The van der Waals surface area contributed by atoms with Gasteiger partial charge in [-0.3, -0.25) is 23.7 Å². The predicted octanol–water partition coefficient (Wildman–Crippen LogP) is 0.587. The van der Waals surface area contributed by atoms with Crippen molar-refractivity contribution in [1.82, 2.24) is 29.4 Å². The topological polar surface area (TPSA) is 152 Å². The van der Waals surface area contributed by atoms with Crippen LogP contribution in [0.1, 0.15) is 36.1 Å². The number of nitrogens with zero attached hydrogens (tertiary/aromatic N) is 6. The third kappa shape index (κ3) is 5.67. The molecule has 33 heavy (non-hydrogen) atoms. The SMILES string of the molecule is CCOC(=O)N1CCN(C(=O)C(C)n2cc(NC(=O)c3ccn(CC(=O)O)n3)c(C)n2)CC1. The summed E-state index contributed by atoms with van der Waals surface area (Å²) in [7, 11) is 0. The fraction of sp³-hybridized carbons (Fsp3) is 0.500. The number of rotatable bonds is 7. The molecule has 1 atom stereocenters. The Kier molecular flexibility index (Phi) is 7.30. The number of aromatic nitrogens is 4.